The molecule has 3 aromatic rings. The van der Waals surface area contributed by atoms with Gasteiger partial charge in [0.1, 0.15) is 17.2 Å². The molecule has 0 amide bonds. The SMILES string of the molecule is COc1cc(S(=O)(=O)N2CCOCC2)ccc1Nc1nc(NC2CCCCC2)c2cc[nH]c2n1.O=C(O)C(F)(F)F. The first-order valence-electron chi connectivity index (χ1n) is 12.9. The van der Waals surface area contributed by atoms with Gasteiger partial charge in [-0.3, -0.25) is 0 Å². The molecule has 1 aliphatic heterocycles. The zero-order valence-corrected chi connectivity index (χ0v) is 23.0. The van der Waals surface area contributed by atoms with Crippen molar-refractivity contribution in [1.82, 2.24) is 19.3 Å². The van der Waals surface area contributed by atoms with E-state index in [2.05, 4.69) is 20.6 Å². The minimum absolute atomic E-state index is 0.178. The number of alkyl halides is 3. The summed E-state index contributed by atoms with van der Waals surface area (Å²) in [5.41, 5.74) is 1.30. The summed E-state index contributed by atoms with van der Waals surface area (Å²) < 4.78 is 70.0. The number of ether oxygens (including phenoxy) is 2. The van der Waals surface area contributed by atoms with Crippen LogP contribution in [0.1, 0.15) is 32.1 Å². The van der Waals surface area contributed by atoms with Crippen molar-refractivity contribution in [2.75, 3.05) is 44.0 Å². The molecule has 2 fully saturated rings. The number of hydrogen-bond acceptors (Lipinski definition) is 9. The van der Waals surface area contributed by atoms with Crippen molar-refractivity contribution >= 4 is 44.5 Å². The number of halogens is 3. The van der Waals surface area contributed by atoms with Crippen LogP contribution in [0.3, 0.4) is 0 Å². The number of carboxylic acid groups (broad SMARTS) is 1. The van der Waals surface area contributed by atoms with E-state index in [-0.39, 0.29) is 4.90 Å². The average molecular weight is 601 g/mol. The molecule has 1 saturated carbocycles. The summed E-state index contributed by atoms with van der Waals surface area (Å²) in [6.07, 6.45) is 2.76. The van der Waals surface area contributed by atoms with Gasteiger partial charge in [0.15, 0.2) is 0 Å². The van der Waals surface area contributed by atoms with Crippen LogP contribution in [0.25, 0.3) is 11.0 Å². The van der Waals surface area contributed by atoms with E-state index in [0.717, 1.165) is 29.7 Å². The summed E-state index contributed by atoms with van der Waals surface area (Å²) in [7, 11) is -2.12. The molecule has 3 heterocycles. The number of aromatic amines is 1. The quantitative estimate of drug-likeness (QED) is 0.311. The second kappa shape index (κ2) is 12.9. The summed E-state index contributed by atoms with van der Waals surface area (Å²) >= 11 is 0. The number of aromatic nitrogens is 3. The second-order valence-electron chi connectivity index (χ2n) is 9.42. The topological polar surface area (TPSA) is 159 Å². The van der Waals surface area contributed by atoms with E-state index < -0.39 is 22.2 Å². The smallest absolute Gasteiger partial charge is 0.490 e. The summed E-state index contributed by atoms with van der Waals surface area (Å²) in [6.45, 7) is 1.47. The number of aliphatic carboxylic acids is 1. The van der Waals surface area contributed by atoms with Crippen molar-refractivity contribution in [3.63, 3.8) is 0 Å². The Hall–Kier alpha value is -3.63. The van der Waals surface area contributed by atoms with Gasteiger partial charge in [-0.15, -0.1) is 0 Å². The second-order valence-corrected chi connectivity index (χ2v) is 11.4. The fourth-order valence-corrected chi connectivity index (χ4v) is 5.96. The van der Waals surface area contributed by atoms with Gasteiger partial charge in [-0.25, -0.2) is 13.2 Å². The van der Waals surface area contributed by atoms with Gasteiger partial charge in [0.2, 0.25) is 16.0 Å². The fraction of sp³-hybridized carbons (Fsp3) is 0.480. The van der Waals surface area contributed by atoms with Crippen LogP contribution in [0.15, 0.2) is 35.4 Å². The molecule has 1 saturated heterocycles. The van der Waals surface area contributed by atoms with Gasteiger partial charge in [-0.05, 0) is 31.0 Å². The molecule has 16 heteroatoms. The van der Waals surface area contributed by atoms with Crippen LogP contribution in [0, 0.1) is 0 Å². The predicted octanol–water partition coefficient (Wildman–Crippen LogP) is 4.11. The molecule has 41 heavy (non-hydrogen) atoms. The lowest BCUT2D eigenvalue weighted by Crippen LogP contribution is -2.40. The highest BCUT2D eigenvalue weighted by molar-refractivity contribution is 7.89. The van der Waals surface area contributed by atoms with Crippen molar-refractivity contribution in [3.8, 4) is 5.75 Å². The van der Waals surface area contributed by atoms with Gasteiger partial charge < -0.3 is 30.2 Å². The van der Waals surface area contributed by atoms with Crippen LogP contribution in [-0.2, 0) is 19.6 Å². The maximum Gasteiger partial charge on any atom is 0.490 e. The van der Waals surface area contributed by atoms with Gasteiger partial charge in [-0.2, -0.15) is 27.4 Å². The number of nitrogens with zero attached hydrogens (tertiary/aromatic N) is 3. The van der Waals surface area contributed by atoms with Crippen LogP contribution in [0.2, 0.25) is 0 Å². The highest BCUT2D eigenvalue weighted by atomic mass is 32.2. The number of hydrogen-bond donors (Lipinski definition) is 4. The number of H-pyrrole nitrogens is 1. The van der Waals surface area contributed by atoms with Gasteiger partial charge in [0.05, 0.1) is 36.3 Å². The lowest BCUT2D eigenvalue weighted by atomic mass is 9.95. The molecule has 2 aromatic heterocycles. The van der Waals surface area contributed by atoms with Crippen molar-refractivity contribution in [2.45, 2.75) is 49.2 Å². The summed E-state index contributed by atoms with van der Waals surface area (Å²) in [5.74, 6) is -1.18. The maximum absolute atomic E-state index is 13.0. The molecule has 4 N–H and O–H groups in total. The Labute approximate surface area is 234 Å². The Morgan fingerprint density at radius 3 is 2.46 bits per heavy atom. The molecule has 0 unspecified atom stereocenters. The Morgan fingerprint density at radius 2 is 1.83 bits per heavy atom. The third-order valence-electron chi connectivity index (χ3n) is 6.63. The molecule has 2 aliphatic rings. The lowest BCUT2D eigenvalue weighted by molar-refractivity contribution is -0.192. The average Bonchev–Trinajstić information content (AvgIpc) is 3.43. The third kappa shape index (κ3) is 7.56. The van der Waals surface area contributed by atoms with E-state index >= 15 is 0 Å². The van der Waals surface area contributed by atoms with Crippen molar-refractivity contribution in [1.29, 1.82) is 0 Å². The van der Waals surface area contributed by atoms with E-state index in [1.54, 1.807) is 12.1 Å². The molecule has 5 rings (SSSR count). The molecule has 0 bridgehead atoms. The number of morpholine rings is 1. The van der Waals surface area contributed by atoms with E-state index in [0.29, 0.717) is 49.7 Å². The number of methoxy groups -OCH3 is 1. The molecule has 0 atom stereocenters. The first kappa shape index (κ1) is 30.3. The fourth-order valence-electron chi connectivity index (χ4n) is 4.54. The Balaban J connectivity index is 0.000000493. The van der Waals surface area contributed by atoms with Crippen molar-refractivity contribution in [2.24, 2.45) is 0 Å². The molecular weight excluding hydrogens is 569 g/mol. The van der Waals surface area contributed by atoms with E-state index in [1.165, 1.54) is 36.7 Å². The summed E-state index contributed by atoms with van der Waals surface area (Å²) in [4.78, 5) is 21.6. The Morgan fingerprint density at radius 1 is 1.15 bits per heavy atom. The number of anilines is 3. The maximum atomic E-state index is 13.0. The zero-order valence-electron chi connectivity index (χ0n) is 22.2. The zero-order chi connectivity index (χ0) is 29.6. The largest absolute Gasteiger partial charge is 0.495 e. The highest BCUT2D eigenvalue weighted by Crippen LogP contribution is 2.32. The number of benzene rings is 1. The number of carboxylic acids is 1. The van der Waals surface area contributed by atoms with Crippen LogP contribution < -0.4 is 15.4 Å². The highest BCUT2D eigenvalue weighted by Gasteiger charge is 2.38. The monoisotopic (exact) mass is 600 g/mol. The van der Waals surface area contributed by atoms with Gasteiger partial charge in [0, 0.05) is 31.4 Å². The molecule has 1 aliphatic carbocycles. The number of sulfonamides is 1. The molecule has 0 spiro atoms. The number of fused-ring (bicyclic) bond motifs is 1. The van der Waals surface area contributed by atoms with Crippen LogP contribution in [0.5, 0.6) is 5.75 Å². The van der Waals surface area contributed by atoms with Crippen LogP contribution in [-0.4, -0.2) is 84.4 Å². The van der Waals surface area contributed by atoms with Gasteiger partial charge in [0.25, 0.3) is 0 Å². The number of carbonyl (C=O) groups is 1. The van der Waals surface area contributed by atoms with Crippen molar-refractivity contribution < 1.29 is 41.0 Å². The van der Waals surface area contributed by atoms with Gasteiger partial charge >= 0.3 is 12.1 Å². The van der Waals surface area contributed by atoms with E-state index in [1.807, 2.05) is 12.3 Å². The Kier molecular flexibility index (Phi) is 9.55. The summed E-state index contributed by atoms with van der Waals surface area (Å²) in [6, 6.07) is 7.15. The molecule has 0 radical (unpaired) electrons. The molecular formula is C25H31F3N6O6S. The normalized spacial score (nSPS) is 17.0. The van der Waals surface area contributed by atoms with E-state index in [4.69, 9.17) is 24.4 Å². The molecule has 224 valence electrons. The summed E-state index contributed by atoms with van der Waals surface area (Å²) in [5, 5.41) is 14.9. The number of nitrogens with one attached hydrogen (secondary N) is 3. The minimum Gasteiger partial charge on any atom is -0.495 e. The van der Waals surface area contributed by atoms with Crippen molar-refractivity contribution in [3.05, 3.63) is 30.5 Å². The molecule has 1 aromatic carbocycles. The standard InChI is InChI=1S/C23H30N6O4S.C2HF3O2/c1-32-20-15-17(34(30,31)29-11-13-33-14-12-29)7-8-19(20)26-23-27-21-18(9-10-24-21)22(28-23)25-16-5-3-2-4-6-16;3-2(4,5)1(6)7/h7-10,15-16H,2-6,11-14H2,1H3,(H3,24,25,26,27,28);(H,6,7). The lowest BCUT2D eigenvalue weighted by Gasteiger charge is -2.26. The Bertz CT molecular complexity index is 1450. The third-order valence-corrected chi connectivity index (χ3v) is 8.53. The predicted molar refractivity (Wildman–Crippen MR) is 144 cm³/mol. The van der Waals surface area contributed by atoms with Gasteiger partial charge in [-0.1, -0.05) is 19.3 Å². The minimum atomic E-state index is -5.08. The van der Waals surface area contributed by atoms with E-state index in [9.17, 15) is 21.6 Å². The van der Waals surface area contributed by atoms with Crippen LogP contribution >= 0.6 is 0 Å². The molecule has 12 nitrogen and oxygen atoms in total. The van der Waals surface area contributed by atoms with Crippen LogP contribution in [0.4, 0.5) is 30.6 Å². The first-order valence-corrected chi connectivity index (χ1v) is 14.4. The number of rotatable bonds is 7. The first-order chi connectivity index (χ1) is 19.5.